The Labute approximate surface area is 231 Å². The molecule has 0 spiro atoms. The lowest BCUT2D eigenvalue weighted by atomic mass is 9.55. The van der Waals surface area contributed by atoms with Gasteiger partial charge in [-0.1, -0.05) is 83.6 Å². The number of carbonyl (C=O) groups is 1. The molecule has 2 fully saturated rings. The number of aliphatic carboxylic acids is 1. The standard InChI is InChI=1S/C34H54O4/c1-34-22-21-27-28(30(34)19-20-32(34)36)18-17-25-24-31(35)26(23-29(25)27)15-13-11-9-7-5-3-2-4-6-8-10-12-14-16-33(37)38/h23-24,27-28,30,32,35-36H,2-22H2,1H3,(H,37,38)/t27-,28+,30-,32+,34-/m0/s1. The van der Waals surface area contributed by atoms with Gasteiger partial charge in [0.25, 0.3) is 0 Å². The average molecular weight is 527 g/mol. The van der Waals surface area contributed by atoms with Crippen molar-refractivity contribution in [2.45, 2.75) is 154 Å². The SMILES string of the molecule is C[C@]12CC[C@@H]3c4cc(CCCCCCCCCCCCCCCC(=O)O)c(O)cc4CC[C@H]3[C@@H]1CC[C@H]2O. The normalized spacial score (nSPS) is 28.1. The largest absolute Gasteiger partial charge is 0.508 e. The maximum Gasteiger partial charge on any atom is 0.303 e. The van der Waals surface area contributed by atoms with Crippen molar-refractivity contribution < 1.29 is 20.1 Å². The average Bonchev–Trinajstić information content (AvgIpc) is 3.20. The van der Waals surface area contributed by atoms with Crippen LogP contribution in [0.1, 0.15) is 152 Å². The minimum Gasteiger partial charge on any atom is -0.508 e. The second kappa shape index (κ2) is 14.2. The molecule has 3 N–H and O–H groups in total. The molecule has 0 radical (unpaired) electrons. The zero-order chi connectivity index (χ0) is 27.0. The number of aliphatic hydroxyl groups is 1. The van der Waals surface area contributed by atoms with Crippen LogP contribution in [-0.4, -0.2) is 27.4 Å². The van der Waals surface area contributed by atoms with E-state index in [9.17, 15) is 15.0 Å². The summed E-state index contributed by atoms with van der Waals surface area (Å²) in [5, 5.41) is 30.1. The smallest absolute Gasteiger partial charge is 0.303 e. The zero-order valence-electron chi connectivity index (χ0n) is 24.1. The number of aromatic hydroxyl groups is 1. The summed E-state index contributed by atoms with van der Waals surface area (Å²) < 4.78 is 0. The van der Waals surface area contributed by atoms with Gasteiger partial charge in [0.2, 0.25) is 0 Å². The molecule has 0 saturated heterocycles. The van der Waals surface area contributed by atoms with Crippen LogP contribution in [0.4, 0.5) is 0 Å². The van der Waals surface area contributed by atoms with Gasteiger partial charge < -0.3 is 15.3 Å². The number of rotatable bonds is 16. The minimum atomic E-state index is -0.668. The number of phenols is 1. The summed E-state index contributed by atoms with van der Waals surface area (Å²) in [5.41, 5.74) is 4.20. The summed E-state index contributed by atoms with van der Waals surface area (Å²) >= 11 is 0. The molecule has 4 nitrogen and oxygen atoms in total. The van der Waals surface area contributed by atoms with Crippen molar-refractivity contribution in [1.82, 2.24) is 0 Å². The second-order valence-corrected chi connectivity index (χ2v) is 13.2. The number of hydrogen-bond donors (Lipinski definition) is 3. The highest BCUT2D eigenvalue weighted by atomic mass is 16.4. The first-order valence-corrected chi connectivity index (χ1v) is 16.1. The summed E-state index contributed by atoms with van der Waals surface area (Å²) in [5.74, 6) is 1.84. The monoisotopic (exact) mass is 526 g/mol. The lowest BCUT2D eigenvalue weighted by Gasteiger charge is -2.50. The maximum absolute atomic E-state index is 10.8. The van der Waals surface area contributed by atoms with Gasteiger partial charge in [-0.05, 0) is 104 Å². The molecule has 2 saturated carbocycles. The van der Waals surface area contributed by atoms with E-state index in [0.717, 1.165) is 50.5 Å². The van der Waals surface area contributed by atoms with E-state index < -0.39 is 5.97 Å². The number of phenolic OH excluding ortho intramolecular Hbond substituents is 1. The maximum atomic E-state index is 10.8. The Morgan fingerprint density at radius 2 is 1.45 bits per heavy atom. The third-order valence-electron chi connectivity index (χ3n) is 10.7. The lowest BCUT2D eigenvalue weighted by molar-refractivity contribution is -0.137. The van der Waals surface area contributed by atoms with Crippen LogP contribution in [0.5, 0.6) is 5.75 Å². The van der Waals surface area contributed by atoms with Gasteiger partial charge in [-0.3, -0.25) is 4.79 Å². The van der Waals surface area contributed by atoms with Gasteiger partial charge in [-0.25, -0.2) is 0 Å². The quantitative estimate of drug-likeness (QED) is 0.188. The van der Waals surface area contributed by atoms with Crippen LogP contribution in [-0.2, 0) is 17.6 Å². The molecular weight excluding hydrogens is 472 g/mol. The number of aliphatic hydroxyl groups excluding tert-OH is 1. The van der Waals surface area contributed by atoms with Gasteiger partial charge in [0, 0.05) is 6.42 Å². The number of unbranched alkanes of at least 4 members (excludes halogenated alkanes) is 12. The third-order valence-corrected chi connectivity index (χ3v) is 10.7. The molecule has 4 rings (SSSR count). The molecule has 0 heterocycles. The number of carboxylic acids is 1. The Kier molecular flexibility index (Phi) is 11.0. The molecule has 38 heavy (non-hydrogen) atoms. The Balaban J connectivity index is 1.10. The van der Waals surface area contributed by atoms with Crippen LogP contribution >= 0.6 is 0 Å². The number of hydrogen-bond acceptors (Lipinski definition) is 3. The highest BCUT2D eigenvalue weighted by Crippen LogP contribution is 2.61. The molecule has 0 aromatic heterocycles. The highest BCUT2D eigenvalue weighted by Gasteiger charge is 2.54. The van der Waals surface area contributed by atoms with Crippen molar-refractivity contribution in [1.29, 1.82) is 0 Å². The van der Waals surface area contributed by atoms with Gasteiger partial charge in [-0.15, -0.1) is 0 Å². The van der Waals surface area contributed by atoms with E-state index >= 15 is 0 Å². The molecule has 1 aromatic carbocycles. The summed E-state index contributed by atoms with van der Waals surface area (Å²) in [6.45, 7) is 2.35. The van der Waals surface area contributed by atoms with E-state index in [2.05, 4.69) is 19.1 Å². The first-order chi connectivity index (χ1) is 18.4. The Bertz CT molecular complexity index is 895. The fourth-order valence-corrected chi connectivity index (χ4v) is 8.36. The molecule has 4 heteroatoms. The summed E-state index contributed by atoms with van der Waals surface area (Å²) in [7, 11) is 0. The van der Waals surface area contributed by atoms with E-state index in [1.165, 1.54) is 94.6 Å². The predicted octanol–water partition coefficient (Wildman–Crippen LogP) is 8.70. The van der Waals surface area contributed by atoms with Crippen molar-refractivity contribution in [3.05, 3.63) is 28.8 Å². The summed E-state index contributed by atoms with van der Waals surface area (Å²) in [4.78, 5) is 10.5. The van der Waals surface area contributed by atoms with Gasteiger partial charge >= 0.3 is 5.97 Å². The van der Waals surface area contributed by atoms with Gasteiger partial charge in [0.15, 0.2) is 0 Å². The first-order valence-electron chi connectivity index (χ1n) is 16.1. The molecule has 0 aliphatic heterocycles. The zero-order valence-corrected chi connectivity index (χ0v) is 24.1. The minimum absolute atomic E-state index is 0.113. The number of carboxylic acid groups (broad SMARTS) is 1. The van der Waals surface area contributed by atoms with E-state index in [1.807, 2.05) is 0 Å². The fraction of sp³-hybridized carbons (Fsp3) is 0.794. The Morgan fingerprint density at radius 1 is 0.842 bits per heavy atom. The van der Waals surface area contributed by atoms with Crippen LogP contribution in [0.25, 0.3) is 0 Å². The molecule has 214 valence electrons. The van der Waals surface area contributed by atoms with Crippen molar-refractivity contribution in [2.75, 3.05) is 0 Å². The first kappa shape index (κ1) is 29.4. The van der Waals surface area contributed by atoms with Gasteiger partial charge in [0.1, 0.15) is 5.75 Å². The third kappa shape index (κ3) is 7.34. The number of benzene rings is 1. The molecule has 1 aromatic rings. The van der Waals surface area contributed by atoms with E-state index in [-0.39, 0.29) is 11.5 Å². The number of fused-ring (bicyclic) bond motifs is 5. The lowest BCUT2D eigenvalue weighted by Crippen LogP contribution is -2.43. The van der Waals surface area contributed by atoms with E-state index in [4.69, 9.17) is 5.11 Å². The molecule has 5 atom stereocenters. The molecular formula is C34H54O4. The van der Waals surface area contributed by atoms with Crippen molar-refractivity contribution in [3.63, 3.8) is 0 Å². The predicted molar refractivity (Wildman–Crippen MR) is 155 cm³/mol. The van der Waals surface area contributed by atoms with Crippen molar-refractivity contribution >= 4 is 5.97 Å². The van der Waals surface area contributed by atoms with E-state index in [1.54, 1.807) is 0 Å². The summed E-state index contributed by atoms with van der Waals surface area (Å²) in [6.07, 6.45) is 24.0. The molecule has 0 bridgehead atoms. The molecule has 0 unspecified atom stereocenters. The van der Waals surface area contributed by atoms with Crippen molar-refractivity contribution in [3.8, 4) is 5.75 Å². The topological polar surface area (TPSA) is 77.8 Å². The Morgan fingerprint density at radius 3 is 2.08 bits per heavy atom. The second-order valence-electron chi connectivity index (χ2n) is 13.2. The van der Waals surface area contributed by atoms with Gasteiger partial charge in [-0.2, -0.15) is 0 Å². The van der Waals surface area contributed by atoms with Gasteiger partial charge in [0.05, 0.1) is 6.10 Å². The Hall–Kier alpha value is -1.55. The summed E-state index contributed by atoms with van der Waals surface area (Å²) in [6, 6.07) is 4.47. The molecule has 0 amide bonds. The highest BCUT2D eigenvalue weighted by molar-refractivity contribution is 5.66. The van der Waals surface area contributed by atoms with E-state index in [0.29, 0.717) is 29.9 Å². The number of aryl methyl sites for hydroxylation is 2. The van der Waals surface area contributed by atoms with Crippen LogP contribution in [0.3, 0.4) is 0 Å². The molecule has 3 aliphatic carbocycles. The fourth-order valence-electron chi connectivity index (χ4n) is 8.36. The van der Waals surface area contributed by atoms with Crippen molar-refractivity contribution in [2.24, 2.45) is 17.3 Å². The van der Waals surface area contributed by atoms with Crippen LogP contribution in [0.2, 0.25) is 0 Å². The van der Waals surface area contributed by atoms with Crippen LogP contribution in [0, 0.1) is 17.3 Å². The van der Waals surface area contributed by atoms with Crippen LogP contribution in [0.15, 0.2) is 12.1 Å². The molecule has 3 aliphatic rings. The van der Waals surface area contributed by atoms with Crippen LogP contribution < -0.4 is 0 Å².